The molecule has 96 valence electrons. The third-order valence-corrected chi connectivity index (χ3v) is 3.15. The van der Waals surface area contributed by atoms with E-state index < -0.39 is 5.97 Å². The van der Waals surface area contributed by atoms with Crippen LogP contribution < -0.4 is 0 Å². The van der Waals surface area contributed by atoms with Gasteiger partial charge in [-0.3, -0.25) is 0 Å². The Labute approximate surface area is 105 Å². The molecular weight excluding hydrogens is 232 g/mol. The molecule has 0 radical (unpaired) electrons. The smallest absolute Gasteiger partial charge is 0.337 e. The molecule has 0 spiro atoms. The van der Waals surface area contributed by atoms with Gasteiger partial charge in [-0.1, -0.05) is 19.9 Å². The van der Waals surface area contributed by atoms with E-state index in [0.29, 0.717) is 5.52 Å². The number of nitrogens with zero attached hydrogens (tertiary/aromatic N) is 2. The number of para-hydroxylation sites is 1. The molecule has 0 amide bonds. The van der Waals surface area contributed by atoms with Crippen LogP contribution in [0.2, 0.25) is 0 Å². The molecule has 0 aliphatic carbocycles. The van der Waals surface area contributed by atoms with Crippen LogP contribution in [0.15, 0.2) is 24.5 Å². The number of carbonyl (C=O) groups is 1. The lowest BCUT2D eigenvalue weighted by Gasteiger charge is -2.20. The van der Waals surface area contributed by atoms with Gasteiger partial charge < -0.3 is 14.8 Å². The van der Waals surface area contributed by atoms with Crippen LogP contribution in [0, 0.1) is 5.92 Å². The SMILES string of the molecule is CC(C)[C@H](CO)n1cnc2c(C(=O)O)cccc21. The van der Waals surface area contributed by atoms with Crippen LogP contribution in [0.4, 0.5) is 0 Å². The first-order valence-electron chi connectivity index (χ1n) is 5.86. The minimum atomic E-state index is -0.990. The number of hydrogen-bond donors (Lipinski definition) is 2. The number of carboxylic acids is 1. The number of aromatic nitrogens is 2. The molecule has 5 heteroatoms. The summed E-state index contributed by atoms with van der Waals surface area (Å²) in [6.45, 7) is 4.02. The first kappa shape index (κ1) is 12.6. The summed E-state index contributed by atoms with van der Waals surface area (Å²) in [6.07, 6.45) is 1.60. The first-order valence-corrected chi connectivity index (χ1v) is 5.86. The number of aromatic carboxylic acids is 1. The van der Waals surface area contributed by atoms with Gasteiger partial charge in [0.1, 0.15) is 5.52 Å². The predicted molar refractivity (Wildman–Crippen MR) is 67.7 cm³/mol. The van der Waals surface area contributed by atoms with Gasteiger partial charge in [-0.2, -0.15) is 0 Å². The standard InChI is InChI=1S/C13H16N2O3/c1-8(2)11(6-16)15-7-14-12-9(13(17)18)4-3-5-10(12)15/h3-5,7-8,11,16H,6H2,1-2H3,(H,17,18)/t11-/m0/s1. The van der Waals surface area contributed by atoms with Crippen molar-refractivity contribution in [2.45, 2.75) is 19.9 Å². The lowest BCUT2D eigenvalue weighted by atomic mass is 10.0. The van der Waals surface area contributed by atoms with E-state index in [1.807, 2.05) is 24.5 Å². The molecule has 2 N–H and O–H groups in total. The number of aliphatic hydroxyl groups is 1. The summed E-state index contributed by atoms with van der Waals surface area (Å²) in [7, 11) is 0. The van der Waals surface area contributed by atoms with Crippen LogP contribution in [0.25, 0.3) is 11.0 Å². The van der Waals surface area contributed by atoms with E-state index in [-0.39, 0.29) is 24.1 Å². The van der Waals surface area contributed by atoms with Gasteiger partial charge in [-0.05, 0) is 18.1 Å². The van der Waals surface area contributed by atoms with Gasteiger partial charge in [0.15, 0.2) is 0 Å². The molecule has 1 atom stereocenters. The highest BCUT2D eigenvalue weighted by molar-refractivity contribution is 6.00. The molecule has 0 bridgehead atoms. The molecule has 0 saturated heterocycles. The van der Waals surface area contributed by atoms with Crippen LogP contribution >= 0.6 is 0 Å². The van der Waals surface area contributed by atoms with Crippen molar-refractivity contribution in [3.05, 3.63) is 30.1 Å². The molecule has 0 aliphatic heterocycles. The summed E-state index contributed by atoms with van der Waals surface area (Å²) in [5.74, 6) is -0.753. The largest absolute Gasteiger partial charge is 0.478 e. The summed E-state index contributed by atoms with van der Waals surface area (Å²) in [4.78, 5) is 15.3. The van der Waals surface area contributed by atoms with E-state index in [9.17, 15) is 9.90 Å². The van der Waals surface area contributed by atoms with E-state index in [1.54, 1.807) is 12.4 Å². The molecule has 2 rings (SSSR count). The zero-order chi connectivity index (χ0) is 13.3. The second-order valence-electron chi connectivity index (χ2n) is 4.62. The van der Waals surface area contributed by atoms with Crippen molar-refractivity contribution >= 4 is 17.0 Å². The van der Waals surface area contributed by atoms with Gasteiger partial charge in [0.25, 0.3) is 0 Å². The van der Waals surface area contributed by atoms with Crippen LogP contribution in [-0.4, -0.2) is 32.3 Å². The van der Waals surface area contributed by atoms with Gasteiger partial charge in [0, 0.05) is 0 Å². The van der Waals surface area contributed by atoms with Crippen LogP contribution in [-0.2, 0) is 0 Å². The van der Waals surface area contributed by atoms with Crippen molar-refractivity contribution in [3.8, 4) is 0 Å². The van der Waals surface area contributed by atoms with E-state index in [1.165, 1.54) is 6.07 Å². The van der Waals surface area contributed by atoms with Gasteiger partial charge in [-0.15, -0.1) is 0 Å². The summed E-state index contributed by atoms with van der Waals surface area (Å²) in [5, 5.41) is 18.5. The highest BCUT2D eigenvalue weighted by Gasteiger charge is 2.19. The molecule has 1 aromatic carbocycles. The average molecular weight is 248 g/mol. The Kier molecular flexibility index (Phi) is 3.34. The molecule has 2 aromatic rings. The van der Waals surface area contributed by atoms with Gasteiger partial charge in [0.2, 0.25) is 0 Å². The third-order valence-electron chi connectivity index (χ3n) is 3.15. The second-order valence-corrected chi connectivity index (χ2v) is 4.62. The van der Waals surface area contributed by atoms with Crippen molar-refractivity contribution in [1.82, 2.24) is 9.55 Å². The Balaban J connectivity index is 2.61. The Hall–Kier alpha value is -1.88. The number of aliphatic hydroxyl groups excluding tert-OH is 1. The van der Waals surface area contributed by atoms with Crippen molar-refractivity contribution < 1.29 is 15.0 Å². The molecule has 1 aromatic heterocycles. The minimum absolute atomic E-state index is 0.000422. The predicted octanol–water partition coefficient (Wildman–Crippen LogP) is 1.92. The van der Waals surface area contributed by atoms with Crippen molar-refractivity contribution in [1.29, 1.82) is 0 Å². The van der Waals surface area contributed by atoms with Gasteiger partial charge in [-0.25, -0.2) is 9.78 Å². The normalized spacial score (nSPS) is 13.1. The fourth-order valence-electron chi connectivity index (χ4n) is 2.11. The van der Waals surface area contributed by atoms with Crippen molar-refractivity contribution in [3.63, 3.8) is 0 Å². The van der Waals surface area contributed by atoms with Gasteiger partial charge in [0.05, 0.1) is 30.1 Å². The molecule has 0 unspecified atom stereocenters. The Morgan fingerprint density at radius 3 is 2.72 bits per heavy atom. The van der Waals surface area contributed by atoms with E-state index in [2.05, 4.69) is 4.98 Å². The van der Waals surface area contributed by atoms with Crippen molar-refractivity contribution in [2.75, 3.05) is 6.61 Å². The van der Waals surface area contributed by atoms with Crippen molar-refractivity contribution in [2.24, 2.45) is 5.92 Å². The fourth-order valence-corrected chi connectivity index (χ4v) is 2.11. The Bertz CT molecular complexity index is 575. The zero-order valence-corrected chi connectivity index (χ0v) is 10.4. The molecule has 5 nitrogen and oxygen atoms in total. The zero-order valence-electron chi connectivity index (χ0n) is 10.4. The average Bonchev–Trinajstić information content (AvgIpc) is 2.73. The van der Waals surface area contributed by atoms with Crippen LogP contribution in [0.5, 0.6) is 0 Å². The maximum atomic E-state index is 11.1. The first-order chi connectivity index (χ1) is 8.56. The molecule has 0 aliphatic rings. The highest BCUT2D eigenvalue weighted by Crippen LogP contribution is 2.24. The maximum Gasteiger partial charge on any atom is 0.337 e. The number of imidazole rings is 1. The number of fused-ring (bicyclic) bond motifs is 1. The molecule has 0 saturated carbocycles. The molecule has 1 heterocycles. The molecule has 18 heavy (non-hydrogen) atoms. The second kappa shape index (κ2) is 4.78. The highest BCUT2D eigenvalue weighted by atomic mass is 16.4. The Morgan fingerprint density at radius 1 is 1.44 bits per heavy atom. The van der Waals surface area contributed by atoms with Gasteiger partial charge >= 0.3 is 5.97 Å². The summed E-state index contributed by atoms with van der Waals surface area (Å²) in [5.41, 5.74) is 1.39. The summed E-state index contributed by atoms with van der Waals surface area (Å²) >= 11 is 0. The quantitative estimate of drug-likeness (QED) is 0.866. The number of rotatable bonds is 4. The number of hydrogen-bond acceptors (Lipinski definition) is 3. The number of carboxylic acid groups (broad SMARTS) is 1. The topological polar surface area (TPSA) is 75.3 Å². The van der Waals surface area contributed by atoms with Crippen LogP contribution in [0.3, 0.4) is 0 Å². The maximum absolute atomic E-state index is 11.1. The van der Waals surface area contributed by atoms with E-state index in [4.69, 9.17) is 5.11 Å². The lowest BCUT2D eigenvalue weighted by molar-refractivity contribution is 0.0699. The lowest BCUT2D eigenvalue weighted by Crippen LogP contribution is -2.18. The molecule has 0 fully saturated rings. The monoisotopic (exact) mass is 248 g/mol. The summed E-state index contributed by atoms with van der Waals surface area (Å²) < 4.78 is 1.84. The number of benzene rings is 1. The van der Waals surface area contributed by atoms with Crippen LogP contribution in [0.1, 0.15) is 30.2 Å². The van der Waals surface area contributed by atoms with E-state index >= 15 is 0 Å². The minimum Gasteiger partial charge on any atom is -0.478 e. The molecular formula is C13H16N2O3. The summed E-state index contributed by atoms with van der Waals surface area (Å²) in [6, 6.07) is 4.95. The fraction of sp³-hybridized carbons (Fsp3) is 0.385. The third kappa shape index (κ3) is 1.97. The van der Waals surface area contributed by atoms with E-state index in [0.717, 1.165) is 5.52 Å². The Morgan fingerprint density at radius 2 is 2.17 bits per heavy atom.